The van der Waals surface area contributed by atoms with Gasteiger partial charge in [-0.2, -0.15) is 0 Å². The van der Waals surface area contributed by atoms with Crippen molar-refractivity contribution in [2.75, 3.05) is 14.2 Å². The molecule has 0 heterocycles. The van der Waals surface area contributed by atoms with Gasteiger partial charge < -0.3 is 14.8 Å². The zero-order valence-corrected chi connectivity index (χ0v) is 13.6. The number of amides is 1. The van der Waals surface area contributed by atoms with E-state index in [1.54, 1.807) is 32.4 Å². The van der Waals surface area contributed by atoms with Gasteiger partial charge >= 0.3 is 0 Å². The number of methoxy groups -OCH3 is 2. The molecule has 0 aliphatic heterocycles. The van der Waals surface area contributed by atoms with Crippen molar-refractivity contribution in [2.45, 2.75) is 13.0 Å². The number of nitrogens with zero attached hydrogens (tertiary/aromatic N) is 1. The van der Waals surface area contributed by atoms with Crippen LogP contribution >= 0.6 is 0 Å². The number of nitro benzene ring substituents is 1. The topological polar surface area (TPSA) is 90.7 Å². The van der Waals surface area contributed by atoms with Gasteiger partial charge in [-0.05, 0) is 37.3 Å². The molecule has 24 heavy (non-hydrogen) atoms. The maximum Gasteiger partial charge on any atom is 0.269 e. The maximum absolute atomic E-state index is 12.3. The molecule has 7 nitrogen and oxygen atoms in total. The number of carbonyl (C=O) groups is 1. The van der Waals surface area contributed by atoms with E-state index in [2.05, 4.69) is 5.32 Å². The summed E-state index contributed by atoms with van der Waals surface area (Å²) >= 11 is 0. The first-order valence-corrected chi connectivity index (χ1v) is 7.23. The van der Waals surface area contributed by atoms with Crippen LogP contribution in [0.25, 0.3) is 0 Å². The molecule has 7 heteroatoms. The molecule has 0 saturated carbocycles. The molecule has 1 atom stereocenters. The number of benzene rings is 2. The molecule has 0 unspecified atom stereocenters. The molecule has 0 aromatic heterocycles. The Morgan fingerprint density at radius 2 is 1.79 bits per heavy atom. The average Bonchev–Trinajstić information content (AvgIpc) is 2.60. The van der Waals surface area contributed by atoms with E-state index < -0.39 is 4.92 Å². The first-order chi connectivity index (χ1) is 11.5. The molecular weight excluding hydrogens is 312 g/mol. The van der Waals surface area contributed by atoms with Crippen LogP contribution in [0.4, 0.5) is 5.69 Å². The predicted molar refractivity (Wildman–Crippen MR) is 88.5 cm³/mol. The van der Waals surface area contributed by atoms with E-state index in [0.717, 1.165) is 5.56 Å². The van der Waals surface area contributed by atoms with Crippen LogP contribution in [0.1, 0.15) is 28.9 Å². The third kappa shape index (κ3) is 3.81. The Labute approximate surface area is 139 Å². The van der Waals surface area contributed by atoms with Crippen LogP contribution in [0.15, 0.2) is 42.5 Å². The van der Waals surface area contributed by atoms with Gasteiger partial charge in [-0.3, -0.25) is 14.9 Å². The maximum atomic E-state index is 12.3. The van der Waals surface area contributed by atoms with Crippen molar-refractivity contribution in [3.05, 3.63) is 63.7 Å². The lowest BCUT2D eigenvalue weighted by Gasteiger charge is -2.18. The van der Waals surface area contributed by atoms with Crippen molar-refractivity contribution in [3.63, 3.8) is 0 Å². The number of ether oxygens (including phenoxy) is 2. The summed E-state index contributed by atoms with van der Waals surface area (Å²) in [6, 6.07) is 10.4. The highest BCUT2D eigenvalue weighted by molar-refractivity contribution is 5.94. The number of non-ortho nitro benzene ring substituents is 1. The van der Waals surface area contributed by atoms with E-state index >= 15 is 0 Å². The van der Waals surface area contributed by atoms with Crippen LogP contribution in [0.3, 0.4) is 0 Å². The molecule has 0 saturated heterocycles. The second-order valence-electron chi connectivity index (χ2n) is 5.11. The summed E-state index contributed by atoms with van der Waals surface area (Å²) in [5.74, 6) is 0.955. The minimum atomic E-state index is -0.509. The molecule has 0 bridgehead atoms. The summed E-state index contributed by atoms with van der Waals surface area (Å²) in [4.78, 5) is 22.5. The molecule has 1 N–H and O–H groups in total. The number of rotatable bonds is 6. The highest BCUT2D eigenvalue weighted by atomic mass is 16.6. The zero-order valence-electron chi connectivity index (χ0n) is 13.6. The minimum Gasteiger partial charge on any atom is -0.497 e. The number of carbonyl (C=O) groups excluding carboxylic acids is 1. The smallest absolute Gasteiger partial charge is 0.269 e. The molecule has 2 aromatic carbocycles. The van der Waals surface area contributed by atoms with E-state index in [9.17, 15) is 14.9 Å². The van der Waals surface area contributed by atoms with E-state index in [1.807, 2.05) is 6.92 Å². The van der Waals surface area contributed by atoms with Gasteiger partial charge in [0, 0.05) is 23.3 Å². The molecule has 126 valence electrons. The first-order valence-electron chi connectivity index (χ1n) is 7.23. The number of hydrogen-bond donors (Lipinski definition) is 1. The summed E-state index contributed by atoms with van der Waals surface area (Å²) < 4.78 is 10.5. The predicted octanol–water partition coefficient (Wildman–Crippen LogP) is 3.10. The molecular formula is C17H18N2O5. The Balaban J connectivity index is 2.18. The fourth-order valence-corrected chi connectivity index (χ4v) is 2.27. The van der Waals surface area contributed by atoms with Gasteiger partial charge in [0.15, 0.2) is 0 Å². The summed E-state index contributed by atoms with van der Waals surface area (Å²) in [6.45, 7) is 1.82. The molecule has 0 spiro atoms. The van der Waals surface area contributed by atoms with E-state index in [-0.39, 0.29) is 17.6 Å². The first kappa shape index (κ1) is 17.3. The number of hydrogen-bond acceptors (Lipinski definition) is 5. The fraction of sp³-hybridized carbons (Fsp3) is 0.235. The Morgan fingerprint density at radius 1 is 1.12 bits per heavy atom. The Kier molecular flexibility index (Phi) is 5.36. The van der Waals surface area contributed by atoms with Gasteiger partial charge in [0.1, 0.15) is 11.5 Å². The largest absolute Gasteiger partial charge is 0.497 e. The van der Waals surface area contributed by atoms with Crippen LogP contribution < -0.4 is 14.8 Å². The highest BCUT2D eigenvalue weighted by Gasteiger charge is 2.17. The molecule has 2 rings (SSSR count). The van der Waals surface area contributed by atoms with E-state index in [1.165, 1.54) is 24.3 Å². The van der Waals surface area contributed by atoms with Gasteiger partial charge in [-0.25, -0.2) is 0 Å². The van der Waals surface area contributed by atoms with Crippen molar-refractivity contribution in [3.8, 4) is 11.5 Å². The van der Waals surface area contributed by atoms with Crippen LogP contribution in [0, 0.1) is 10.1 Å². The average molecular weight is 330 g/mol. The van der Waals surface area contributed by atoms with Gasteiger partial charge in [0.05, 0.1) is 25.2 Å². The van der Waals surface area contributed by atoms with Gasteiger partial charge in [-0.1, -0.05) is 0 Å². The van der Waals surface area contributed by atoms with Crippen LogP contribution in [0.5, 0.6) is 11.5 Å². The van der Waals surface area contributed by atoms with Crippen LogP contribution in [-0.4, -0.2) is 25.1 Å². The van der Waals surface area contributed by atoms with Crippen LogP contribution in [-0.2, 0) is 0 Å². The lowest BCUT2D eigenvalue weighted by molar-refractivity contribution is -0.384. The van der Waals surface area contributed by atoms with Crippen molar-refractivity contribution in [2.24, 2.45) is 0 Å². The summed E-state index contributed by atoms with van der Waals surface area (Å²) in [7, 11) is 3.11. The molecule has 0 aliphatic rings. The van der Waals surface area contributed by atoms with Gasteiger partial charge in [0.2, 0.25) is 0 Å². The van der Waals surface area contributed by atoms with Crippen molar-refractivity contribution in [1.29, 1.82) is 0 Å². The SMILES string of the molecule is COc1ccc(OC)c([C@H](C)NC(=O)c2ccc([N+](=O)[O-])cc2)c1. The highest BCUT2D eigenvalue weighted by Crippen LogP contribution is 2.29. The minimum absolute atomic E-state index is 0.0611. The molecule has 0 radical (unpaired) electrons. The third-order valence-electron chi connectivity index (χ3n) is 3.59. The van der Waals surface area contributed by atoms with E-state index in [0.29, 0.717) is 17.1 Å². The van der Waals surface area contributed by atoms with Gasteiger partial charge in [0.25, 0.3) is 11.6 Å². The Bertz CT molecular complexity index is 743. The second-order valence-corrected chi connectivity index (χ2v) is 5.11. The monoisotopic (exact) mass is 330 g/mol. The van der Waals surface area contributed by atoms with Crippen molar-refractivity contribution >= 4 is 11.6 Å². The molecule has 0 aliphatic carbocycles. The summed E-state index contributed by atoms with van der Waals surface area (Å²) in [5.41, 5.74) is 1.05. The normalized spacial score (nSPS) is 11.5. The molecule has 0 fully saturated rings. The number of nitrogens with one attached hydrogen (secondary N) is 1. The lowest BCUT2D eigenvalue weighted by atomic mass is 10.1. The summed E-state index contributed by atoms with van der Waals surface area (Å²) in [6.07, 6.45) is 0. The summed E-state index contributed by atoms with van der Waals surface area (Å²) in [5, 5.41) is 13.5. The fourth-order valence-electron chi connectivity index (χ4n) is 2.27. The van der Waals surface area contributed by atoms with Crippen LogP contribution in [0.2, 0.25) is 0 Å². The third-order valence-corrected chi connectivity index (χ3v) is 3.59. The lowest BCUT2D eigenvalue weighted by Crippen LogP contribution is -2.26. The van der Waals surface area contributed by atoms with Crippen molar-refractivity contribution in [1.82, 2.24) is 5.32 Å². The van der Waals surface area contributed by atoms with Crippen molar-refractivity contribution < 1.29 is 19.2 Å². The van der Waals surface area contributed by atoms with Gasteiger partial charge in [-0.15, -0.1) is 0 Å². The zero-order chi connectivity index (χ0) is 17.7. The quantitative estimate of drug-likeness (QED) is 0.649. The second kappa shape index (κ2) is 7.45. The Morgan fingerprint density at radius 3 is 2.33 bits per heavy atom. The molecule has 1 amide bonds. The number of nitro groups is 1. The van der Waals surface area contributed by atoms with E-state index in [4.69, 9.17) is 9.47 Å². The Hall–Kier alpha value is -3.09. The molecule has 2 aromatic rings. The standard InChI is InChI=1S/C17H18N2O5/c1-11(15-10-14(23-2)8-9-16(15)24-3)18-17(20)12-4-6-13(7-5-12)19(21)22/h4-11H,1-3H3,(H,18,20)/t11-/m0/s1.